The van der Waals surface area contributed by atoms with Crippen LogP contribution in [0.3, 0.4) is 0 Å². The van der Waals surface area contributed by atoms with E-state index in [4.69, 9.17) is 9.47 Å². The highest BCUT2D eigenvalue weighted by Crippen LogP contribution is 2.16. The minimum atomic E-state index is -0.228. The molecule has 4 heteroatoms. The minimum Gasteiger partial charge on any atom is -0.463 e. The number of carbonyl (C=O) groups is 2. The van der Waals surface area contributed by atoms with Crippen molar-refractivity contribution in [3.8, 4) is 0 Å². The Labute approximate surface area is 89.9 Å². The Morgan fingerprint density at radius 1 is 1.07 bits per heavy atom. The first-order chi connectivity index (χ1) is 6.99. The minimum absolute atomic E-state index is 0.186. The molecule has 4 nitrogen and oxygen atoms in total. The second-order valence-electron chi connectivity index (χ2n) is 4.22. The Balaban J connectivity index is 2.63. The Bertz CT molecular complexity index is 249. The fraction of sp³-hybridized carbons (Fsp3) is 0.818. The lowest BCUT2D eigenvalue weighted by Crippen LogP contribution is -2.28. The molecule has 2 unspecified atom stereocenters. The van der Waals surface area contributed by atoms with E-state index in [-0.39, 0.29) is 36.5 Å². The number of cyclic esters (lactones) is 2. The zero-order valence-electron chi connectivity index (χ0n) is 9.49. The van der Waals surface area contributed by atoms with E-state index in [1.807, 2.05) is 13.8 Å². The lowest BCUT2D eigenvalue weighted by atomic mass is 10.1. The van der Waals surface area contributed by atoms with Crippen LogP contribution in [0.15, 0.2) is 0 Å². The summed E-state index contributed by atoms with van der Waals surface area (Å²) in [6.07, 6.45) is 0.964. The van der Waals surface area contributed by atoms with Crippen molar-refractivity contribution in [2.24, 2.45) is 5.92 Å². The Hall–Kier alpha value is -1.06. The van der Waals surface area contributed by atoms with Gasteiger partial charge in [-0.3, -0.25) is 9.59 Å². The van der Waals surface area contributed by atoms with E-state index < -0.39 is 0 Å². The van der Waals surface area contributed by atoms with Crippen LogP contribution in [0.25, 0.3) is 0 Å². The summed E-state index contributed by atoms with van der Waals surface area (Å²) < 4.78 is 10.4. The number of hydrogen-bond acceptors (Lipinski definition) is 4. The van der Waals surface area contributed by atoms with Crippen LogP contribution < -0.4 is 0 Å². The molecule has 3 atom stereocenters. The lowest BCUT2D eigenvalue weighted by Gasteiger charge is -2.22. The van der Waals surface area contributed by atoms with E-state index in [2.05, 4.69) is 0 Å². The van der Waals surface area contributed by atoms with Gasteiger partial charge in [0.2, 0.25) is 0 Å². The van der Waals surface area contributed by atoms with Gasteiger partial charge in [0.1, 0.15) is 12.2 Å². The second-order valence-corrected chi connectivity index (χ2v) is 4.22. The van der Waals surface area contributed by atoms with Crippen LogP contribution in [-0.2, 0) is 19.1 Å². The molecular weight excluding hydrogens is 196 g/mol. The molecule has 1 aliphatic rings. The van der Waals surface area contributed by atoms with Gasteiger partial charge in [0.05, 0.1) is 5.92 Å². The Morgan fingerprint density at radius 3 is 2.33 bits per heavy atom. The maximum atomic E-state index is 11.5. The van der Waals surface area contributed by atoms with Gasteiger partial charge < -0.3 is 9.47 Å². The van der Waals surface area contributed by atoms with Crippen molar-refractivity contribution in [3.63, 3.8) is 0 Å². The second kappa shape index (κ2) is 5.14. The third-order valence-corrected chi connectivity index (χ3v) is 2.50. The third kappa shape index (κ3) is 3.90. The Morgan fingerprint density at radius 2 is 1.67 bits per heavy atom. The maximum Gasteiger partial charge on any atom is 0.308 e. The quantitative estimate of drug-likeness (QED) is 0.575. The average Bonchev–Trinajstić information content (AvgIpc) is 2.12. The molecule has 0 aromatic rings. The summed E-state index contributed by atoms with van der Waals surface area (Å²) in [7, 11) is 0. The van der Waals surface area contributed by atoms with Crippen LogP contribution in [0, 0.1) is 5.92 Å². The molecule has 0 N–H and O–H groups in total. The highest BCUT2D eigenvalue weighted by atomic mass is 16.6. The van der Waals surface area contributed by atoms with Gasteiger partial charge in [-0.1, -0.05) is 6.92 Å². The molecule has 0 aromatic heterocycles. The summed E-state index contributed by atoms with van der Waals surface area (Å²) in [5, 5.41) is 0. The number of esters is 2. The van der Waals surface area contributed by atoms with Crippen LogP contribution >= 0.6 is 0 Å². The molecule has 15 heavy (non-hydrogen) atoms. The summed E-state index contributed by atoms with van der Waals surface area (Å²) >= 11 is 0. The summed E-state index contributed by atoms with van der Waals surface area (Å²) in [4.78, 5) is 22.8. The molecule has 0 spiro atoms. The van der Waals surface area contributed by atoms with Crippen molar-refractivity contribution in [3.05, 3.63) is 0 Å². The SMILES string of the molecule is CC1C[C@@H](C)OC(=O)CCC(C)C(=O)O1. The zero-order chi connectivity index (χ0) is 11.4. The molecule has 1 aliphatic heterocycles. The van der Waals surface area contributed by atoms with Crippen molar-refractivity contribution in [2.75, 3.05) is 0 Å². The number of hydrogen-bond donors (Lipinski definition) is 0. The Kier molecular flexibility index (Phi) is 4.12. The van der Waals surface area contributed by atoms with Gasteiger partial charge in [0, 0.05) is 12.8 Å². The molecular formula is C11H18O4. The van der Waals surface area contributed by atoms with Gasteiger partial charge >= 0.3 is 11.9 Å². The fourth-order valence-corrected chi connectivity index (χ4v) is 1.61. The summed E-state index contributed by atoms with van der Waals surface area (Å²) in [6, 6.07) is 0. The molecule has 0 aliphatic carbocycles. The molecule has 1 heterocycles. The molecule has 0 radical (unpaired) electrons. The third-order valence-electron chi connectivity index (χ3n) is 2.50. The van der Waals surface area contributed by atoms with Crippen LogP contribution in [0.5, 0.6) is 0 Å². The van der Waals surface area contributed by atoms with E-state index in [0.29, 0.717) is 12.8 Å². The largest absolute Gasteiger partial charge is 0.463 e. The van der Waals surface area contributed by atoms with E-state index in [1.54, 1.807) is 6.92 Å². The predicted molar refractivity (Wildman–Crippen MR) is 54.1 cm³/mol. The molecule has 1 fully saturated rings. The van der Waals surface area contributed by atoms with Gasteiger partial charge in [-0.15, -0.1) is 0 Å². The number of ether oxygens (including phenoxy) is 2. The van der Waals surface area contributed by atoms with E-state index in [9.17, 15) is 9.59 Å². The van der Waals surface area contributed by atoms with Crippen molar-refractivity contribution < 1.29 is 19.1 Å². The smallest absolute Gasteiger partial charge is 0.308 e. The number of carbonyl (C=O) groups excluding carboxylic acids is 2. The zero-order valence-corrected chi connectivity index (χ0v) is 9.49. The van der Waals surface area contributed by atoms with Crippen LogP contribution in [-0.4, -0.2) is 24.1 Å². The summed E-state index contributed by atoms with van der Waals surface area (Å²) in [6.45, 7) is 5.40. The molecule has 0 saturated carbocycles. The van der Waals surface area contributed by atoms with Crippen molar-refractivity contribution >= 4 is 11.9 Å². The van der Waals surface area contributed by atoms with E-state index in [1.165, 1.54) is 0 Å². The topological polar surface area (TPSA) is 52.6 Å². The van der Waals surface area contributed by atoms with Crippen LogP contribution in [0.4, 0.5) is 0 Å². The normalized spacial score (nSPS) is 34.2. The van der Waals surface area contributed by atoms with Crippen LogP contribution in [0.1, 0.15) is 40.0 Å². The van der Waals surface area contributed by atoms with Crippen molar-refractivity contribution in [1.82, 2.24) is 0 Å². The van der Waals surface area contributed by atoms with Gasteiger partial charge in [-0.2, -0.15) is 0 Å². The van der Waals surface area contributed by atoms with Crippen LogP contribution in [0.2, 0.25) is 0 Å². The molecule has 1 saturated heterocycles. The first-order valence-electron chi connectivity index (χ1n) is 5.39. The van der Waals surface area contributed by atoms with Gasteiger partial charge in [-0.25, -0.2) is 0 Å². The highest BCUT2D eigenvalue weighted by molar-refractivity contribution is 5.74. The monoisotopic (exact) mass is 214 g/mol. The summed E-state index contributed by atoms with van der Waals surface area (Å²) in [5.41, 5.74) is 0. The molecule has 0 bridgehead atoms. The average molecular weight is 214 g/mol. The molecule has 0 amide bonds. The first kappa shape index (κ1) is 12.0. The standard InChI is InChI=1S/C11H18O4/c1-7-4-5-10(12)14-8(2)6-9(3)15-11(7)13/h7-9H,4-6H2,1-3H3/t7?,8-,9?/m1/s1. The lowest BCUT2D eigenvalue weighted by molar-refractivity contribution is -0.160. The summed E-state index contributed by atoms with van der Waals surface area (Å²) in [5.74, 6) is -0.672. The van der Waals surface area contributed by atoms with Gasteiger partial charge in [0.25, 0.3) is 0 Å². The van der Waals surface area contributed by atoms with Gasteiger partial charge in [-0.05, 0) is 20.3 Å². The van der Waals surface area contributed by atoms with E-state index in [0.717, 1.165) is 0 Å². The van der Waals surface area contributed by atoms with E-state index >= 15 is 0 Å². The number of rotatable bonds is 0. The maximum absolute atomic E-state index is 11.5. The van der Waals surface area contributed by atoms with Gasteiger partial charge in [0.15, 0.2) is 0 Å². The molecule has 86 valence electrons. The fourth-order valence-electron chi connectivity index (χ4n) is 1.61. The molecule has 0 aromatic carbocycles. The highest BCUT2D eigenvalue weighted by Gasteiger charge is 2.23. The molecule has 1 rings (SSSR count). The first-order valence-corrected chi connectivity index (χ1v) is 5.39. The van der Waals surface area contributed by atoms with Crippen molar-refractivity contribution in [2.45, 2.75) is 52.2 Å². The van der Waals surface area contributed by atoms with Crippen molar-refractivity contribution in [1.29, 1.82) is 0 Å². The predicted octanol–water partition coefficient (Wildman–Crippen LogP) is 1.67.